The molecule has 96 valence electrons. The van der Waals surface area contributed by atoms with E-state index in [-0.39, 0.29) is 6.61 Å². The van der Waals surface area contributed by atoms with Crippen molar-refractivity contribution in [2.45, 2.75) is 31.8 Å². The Balaban J connectivity index is 3.13. The fourth-order valence-corrected chi connectivity index (χ4v) is 1.72. The summed E-state index contributed by atoms with van der Waals surface area (Å²) in [5.74, 6) is 1.13. The molecule has 1 rings (SSSR count). The Morgan fingerprint density at radius 1 is 1.29 bits per heavy atom. The number of hydrogen-bond acceptors (Lipinski definition) is 4. The molecule has 0 heterocycles. The van der Waals surface area contributed by atoms with E-state index in [4.69, 9.17) is 21.3 Å². The second-order valence-corrected chi connectivity index (χ2v) is 4.53. The van der Waals surface area contributed by atoms with Gasteiger partial charge < -0.3 is 21.3 Å². The van der Waals surface area contributed by atoms with E-state index >= 15 is 0 Å². The normalized spacial score (nSPS) is 14.8. The zero-order valence-electron chi connectivity index (χ0n) is 10.7. The molecule has 5 N–H and O–H groups in total. The molecular formula is C13H22N2O2. The first kappa shape index (κ1) is 14.0. The number of nitrogens with two attached hydrogens (primary N) is 2. The van der Waals surface area contributed by atoms with E-state index in [1.165, 1.54) is 5.56 Å². The Kier molecular flexibility index (Phi) is 4.93. The Morgan fingerprint density at radius 3 is 2.41 bits per heavy atom. The van der Waals surface area contributed by atoms with Crippen LogP contribution in [0.25, 0.3) is 0 Å². The Morgan fingerprint density at radius 2 is 1.94 bits per heavy atom. The molecule has 0 aromatic heterocycles. The van der Waals surface area contributed by atoms with Gasteiger partial charge in [-0.25, -0.2) is 0 Å². The molecule has 0 aliphatic carbocycles. The second kappa shape index (κ2) is 6.00. The highest BCUT2D eigenvalue weighted by Gasteiger charge is 2.19. The monoisotopic (exact) mass is 238 g/mol. The van der Waals surface area contributed by atoms with Crippen molar-refractivity contribution in [3.8, 4) is 5.75 Å². The SMILES string of the molecule is COc1ccc(C(C)C)cc1C(N)C(N)CO. The summed E-state index contributed by atoms with van der Waals surface area (Å²) >= 11 is 0. The average molecular weight is 238 g/mol. The summed E-state index contributed by atoms with van der Waals surface area (Å²) in [4.78, 5) is 0. The van der Waals surface area contributed by atoms with Crippen LogP contribution in [-0.4, -0.2) is 24.9 Å². The van der Waals surface area contributed by atoms with Crippen LogP contribution in [-0.2, 0) is 0 Å². The van der Waals surface area contributed by atoms with Crippen LogP contribution in [0.15, 0.2) is 18.2 Å². The van der Waals surface area contributed by atoms with Crippen molar-refractivity contribution in [1.29, 1.82) is 0 Å². The van der Waals surface area contributed by atoms with Gasteiger partial charge in [0.05, 0.1) is 19.8 Å². The summed E-state index contributed by atoms with van der Waals surface area (Å²) in [6, 6.07) is 5.02. The number of methoxy groups -OCH3 is 1. The third-order valence-electron chi connectivity index (χ3n) is 2.95. The lowest BCUT2D eigenvalue weighted by molar-refractivity contribution is 0.248. The molecule has 0 saturated carbocycles. The lowest BCUT2D eigenvalue weighted by atomic mass is 9.94. The fraction of sp³-hybridized carbons (Fsp3) is 0.538. The molecule has 1 aromatic rings. The highest BCUT2D eigenvalue weighted by molar-refractivity contribution is 5.41. The smallest absolute Gasteiger partial charge is 0.123 e. The minimum Gasteiger partial charge on any atom is -0.496 e. The van der Waals surface area contributed by atoms with Crippen LogP contribution >= 0.6 is 0 Å². The number of ether oxygens (including phenoxy) is 1. The van der Waals surface area contributed by atoms with Crippen molar-refractivity contribution in [1.82, 2.24) is 0 Å². The molecule has 1 aromatic carbocycles. The van der Waals surface area contributed by atoms with Gasteiger partial charge in [0.2, 0.25) is 0 Å². The lowest BCUT2D eigenvalue weighted by Crippen LogP contribution is -2.37. The number of aliphatic hydroxyl groups is 1. The molecule has 2 unspecified atom stereocenters. The first-order valence-electron chi connectivity index (χ1n) is 5.81. The van der Waals surface area contributed by atoms with Gasteiger partial charge in [-0.15, -0.1) is 0 Å². The highest BCUT2D eigenvalue weighted by atomic mass is 16.5. The van der Waals surface area contributed by atoms with E-state index in [9.17, 15) is 0 Å². The molecule has 0 bridgehead atoms. The molecule has 4 heteroatoms. The van der Waals surface area contributed by atoms with Gasteiger partial charge in [-0.1, -0.05) is 26.0 Å². The topological polar surface area (TPSA) is 81.5 Å². The molecular weight excluding hydrogens is 216 g/mol. The van der Waals surface area contributed by atoms with Crippen LogP contribution < -0.4 is 16.2 Å². The average Bonchev–Trinajstić information content (AvgIpc) is 2.35. The molecule has 2 atom stereocenters. The maximum atomic E-state index is 9.06. The minimum absolute atomic E-state index is 0.143. The van der Waals surface area contributed by atoms with Crippen LogP contribution in [0.4, 0.5) is 0 Å². The van der Waals surface area contributed by atoms with E-state index in [2.05, 4.69) is 13.8 Å². The number of benzene rings is 1. The van der Waals surface area contributed by atoms with E-state index < -0.39 is 12.1 Å². The van der Waals surface area contributed by atoms with E-state index in [0.29, 0.717) is 11.7 Å². The second-order valence-electron chi connectivity index (χ2n) is 4.53. The van der Waals surface area contributed by atoms with Crippen LogP contribution in [0.1, 0.15) is 36.9 Å². The van der Waals surface area contributed by atoms with Crippen molar-refractivity contribution in [2.75, 3.05) is 13.7 Å². The maximum Gasteiger partial charge on any atom is 0.123 e. The molecule has 0 spiro atoms. The Hall–Kier alpha value is -1.10. The van der Waals surface area contributed by atoms with Gasteiger partial charge in [-0.3, -0.25) is 0 Å². The summed E-state index contributed by atoms with van der Waals surface area (Å²) in [5.41, 5.74) is 13.8. The van der Waals surface area contributed by atoms with Crippen LogP contribution in [0.2, 0.25) is 0 Å². The van der Waals surface area contributed by atoms with Gasteiger partial charge >= 0.3 is 0 Å². The van der Waals surface area contributed by atoms with E-state index in [1.807, 2.05) is 18.2 Å². The summed E-state index contributed by atoms with van der Waals surface area (Å²) < 4.78 is 5.28. The highest BCUT2D eigenvalue weighted by Crippen LogP contribution is 2.29. The van der Waals surface area contributed by atoms with Gasteiger partial charge in [0.1, 0.15) is 5.75 Å². The zero-order chi connectivity index (χ0) is 13.0. The Bertz CT molecular complexity index is 366. The summed E-state index contributed by atoms with van der Waals surface area (Å²) in [7, 11) is 1.60. The molecule has 17 heavy (non-hydrogen) atoms. The van der Waals surface area contributed by atoms with Gasteiger partial charge in [-0.05, 0) is 17.5 Å². The van der Waals surface area contributed by atoms with Crippen molar-refractivity contribution < 1.29 is 9.84 Å². The number of aliphatic hydroxyl groups excluding tert-OH is 1. The molecule has 4 nitrogen and oxygen atoms in total. The molecule has 0 fully saturated rings. The lowest BCUT2D eigenvalue weighted by Gasteiger charge is -2.22. The van der Waals surface area contributed by atoms with Gasteiger partial charge in [-0.2, -0.15) is 0 Å². The molecule has 0 aliphatic rings. The van der Waals surface area contributed by atoms with Crippen molar-refractivity contribution in [3.63, 3.8) is 0 Å². The van der Waals surface area contributed by atoms with Gasteiger partial charge in [0.25, 0.3) is 0 Å². The predicted octanol–water partition coefficient (Wildman–Crippen LogP) is 1.14. The zero-order valence-corrected chi connectivity index (χ0v) is 10.7. The first-order valence-corrected chi connectivity index (χ1v) is 5.81. The third kappa shape index (κ3) is 3.19. The van der Waals surface area contributed by atoms with Crippen molar-refractivity contribution in [2.24, 2.45) is 11.5 Å². The minimum atomic E-state index is -0.480. The van der Waals surface area contributed by atoms with Gasteiger partial charge in [0, 0.05) is 11.6 Å². The Labute approximate surface area is 103 Å². The van der Waals surface area contributed by atoms with Crippen LogP contribution in [0.5, 0.6) is 5.75 Å². The molecule has 0 aliphatic heterocycles. The molecule has 0 saturated heterocycles. The predicted molar refractivity (Wildman–Crippen MR) is 69.1 cm³/mol. The van der Waals surface area contributed by atoms with E-state index in [1.54, 1.807) is 7.11 Å². The summed E-state index contributed by atoms with van der Waals surface area (Å²) in [6.45, 7) is 4.09. The maximum absolute atomic E-state index is 9.06. The van der Waals surface area contributed by atoms with Gasteiger partial charge in [0.15, 0.2) is 0 Å². The van der Waals surface area contributed by atoms with Crippen molar-refractivity contribution >= 4 is 0 Å². The van der Waals surface area contributed by atoms with E-state index in [0.717, 1.165) is 5.56 Å². The molecule has 0 amide bonds. The quantitative estimate of drug-likeness (QED) is 0.718. The van der Waals surface area contributed by atoms with Crippen molar-refractivity contribution in [3.05, 3.63) is 29.3 Å². The summed E-state index contributed by atoms with van der Waals surface area (Å²) in [5, 5.41) is 9.06. The van der Waals surface area contributed by atoms with Crippen LogP contribution in [0.3, 0.4) is 0 Å². The first-order chi connectivity index (χ1) is 8.01. The standard InChI is InChI=1S/C13H22N2O2/c1-8(2)9-4-5-12(17-3)10(6-9)13(15)11(14)7-16/h4-6,8,11,13,16H,7,14-15H2,1-3H3. The number of rotatable bonds is 5. The third-order valence-corrected chi connectivity index (χ3v) is 2.95. The van der Waals surface area contributed by atoms with Crippen LogP contribution in [0, 0.1) is 0 Å². The largest absolute Gasteiger partial charge is 0.496 e. The fourth-order valence-electron chi connectivity index (χ4n) is 1.72. The molecule has 0 radical (unpaired) electrons. The summed E-state index contributed by atoms with van der Waals surface area (Å²) in [6.07, 6.45) is 0. The number of hydrogen-bond donors (Lipinski definition) is 3.